The molecule has 3 nitrogen and oxygen atoms in total. The average molecular weight is 198 g/mol. The summed E-state index contributed by atoms with van der Waals surface area (Å²) in [6.45, 7) is 12.4. The Morgan fingerprint density at radius 1 is 1.36 bits per heavy atom. The van der Waals surface area contributed by atoms with Gasteiger partial charge in [0.15, 0.2) is 0 Å². The fourth-order valence-electron chi connectivity index (χ4n) is 1.49. The molecule has 0 atom stereocenters. The monoisotopic (exact) mass is 198 g/mol. The SMILES string of the molecule is CC(C)C(=O)NC1CN(C(C)(C)C)C1. The van der Waals surface area contributed by atoms with Crippen LogP contribution in [-0.4, -0.2) is 35.5 Å². The van der Waals surface area contributed by atoms with Gasteiger partial charge in [-0.1, -0.05) is 13.8 Å². The molecule has 0 bridgehead atoms. The quantitative estimate of drug-likeness (QED) is 0.724. The molecule has 3 heteroatoms. The molecular formula is C11H22N2O. The average Bonchev–Trinajstić information content (AvgIpc) is 1.92. The summed E-state index contributed by atoms with van der Waals surface area (Å²) in [4.78, 5) is 13.7. The van der Waals surface area contributed by atoms with Gasteiger partial charge in [0.2, 0.25) is 5.91 Å². The summed E-state index contributed by atoms with van der Waals surface area (Å²) in [6, 6.07) is 0.365. The second-order valence-corrected chi connectivity index (χ2v) is 5.44. The Morgan fingerprint density at radius 3 is 2.21 bits per heavy atom. The van der Waals surface area contributed by atoms with E-state index in [4.69, 9.17) is 0 Å². The Balaban J connectivity index is 2.26. The van der Waals surface area contributed by atoms with E-state index in [1.165, 1.54) is 0 Å². The van der Waals surface area contributed by atoms with Crippen molar-refractivity contribution in [3.63, 3.8) is 0 Å². The fraction of sp³-hybridized carbons (Fsp3) is 0.909. The number of hydrogen-bond acceptors (Lipinski definition) is 2. The summed E-state index contributed by atoms with van der Waals surface area (Å²) in [5, 5.41) is 3.04. The van der Waals surface area contributed by atoms with Crippen LogP contribution in [0.3, 0.4) is 0 Å². The number of rotatable bonds is 2. The van der Waals surface area contributed by atoms with Gasteiger partial charge < -0.3 is 5.32 Å². The first kappa shape index (κ1) is 11.5. The van der Waals surface area contributed by atoms with E-state index < -0.39 is 0 Å². The van der Waals surface area contributed by atoms with Crippen molar-refractivity contribution in [1.29, 1.82) is 0 Å². The van der Waals surface area contributed by atoms with Gasteiger partial charge >= 0.3 is 0 Å². The summed E-state index contributed by atoms with van der Waals surface area (Å²) >= 11 is 0. The number of nitrogens with one attached hydrogen (secondary N) is 1. The maximum absolute atomic E-state index is 11.4. The zero-order valence-electron chi connectivity index (χ0n) is 9.92. The van der Waals surface area contributed by atoms with Gasteiger partial charge in [-0.2, -0.15) is 0 Å². The molecule has 0 aromatic rings. The lowest BCUT2D eigenvalue weighted by Crippen LogP contribution is -2.64. The molecule has 0 aromatic carbocycles. The van der Waals surface area contributed by atoms with Crippen molar-refractivity contribution in [3.8, 4) is 0 Å². The predicted molar refractivity (Wildman–Crippen MR) is 58.1 cm³/mol. The molecule has 1 heterocycles. The van der Waals surface area contributed by atoms with Crippen LogP contribution in [0.1, 0.15) is 34.6 Å². The molecule has 0 aliphatic carbocycles. The van der Waals surface area contributed by atoms with Gasteiger partial charge in [0, 0.05) is 24.5 Å². The zero-order valence-corrected chi connectivity index (χ0v) is 9.92. The van der Waals surface area contributed by atoms with Gasteiger partial charge in [0.25, 0.3) is 0 Å². The van der Waals surface area contributed by atoms with Crippen LogP contribution in [0.5, 0.6) is 0 Å². The Morgan fingerprint density at radius 2 is 1.86 bits per heavy atom. The van der Waals surface area contributed by atoms with E-state index in [1.54, 1.807) is 0 Å². The first-order valence-electron chi connectivity index (χ1n) is 5.36. The molecular weight excluding hydrogens is 176 g/mol. The van der Waals surface area contributed by atoms with E-state index >= 15 is 0 Å². The maximum atomic E-state index is 11.4. The van der Waals surface area contributed by atoms with Crippen LogP contribution in [0, 0.1) is 5.92 Å². The maximum Gasteiger partial charge on any atom is 0.222 e. The first-order valence-corrected chi connectivity index (χ1v) is 5.36. The van der Waals surface area contributed by atoms with Crippen LogP contribution >= 0.6 is 0 Å². The molecule has 1 rings (SSSR count). The molecule has 82 valence electrons. The minimum absolute atomic E-state index is 0.0960. The largest absolute Gasteiger partial charge is 0.351 e. The Kier molecular flexibility index (Phi) is 3.20. The number of carbonyl (C=O) groups is 1. The molecule has 1 fully saturated rings. The lowest BCUT2D eigenvalue weighted by atomic mass is 9.97. The highest BCUT2D eigenvalue weighted by Crippen LogP contribution is 2.20. The molecule has 0 aromatic heterocycles. The van der Waals surface area contributed by atoms with Crippen LogP contribution in [0.2, 0.25) is 0 Å². The summed E-state index contributed by atoms with van der Waals surface area (Å²) in [6.07, 6.45) is 0. The van der Waals surface area contributed by atoms with E-state index in [2.05, 4.69) is 31.0 Å². The van der Waals surface area contributed by atoms with Crippen molar-refractivity contribution in [1.82, 2.24) is 10.2 Å². The molecule has 1 amide bonds. The standard InChI is InChI=1S/C11H22N2O/c1-8(2)10(14)12-9-6-13(7-9)11(3,4)5/h8-9H,6-7H2,1-5H3,(H,12,14). The predicted octanol–water partition coefficient (Wildman–Crippen LogP) is 1.24. The van der Waals surface area contributed by atoms with Gasteiger partial charge in [0.1, 0.15) is 0 Å². The topological polar surface area (TPSA) is 32.3 Å². The number of likely N-dealkylation sites (tertiary alicyclic amines) is 1. The first-order chi connectivity index (χ1) is 6.30. The number of nitrogens with zero attached hydrogens (tertiary/aromatic N) is 1. The van der Waals surface area contributed by atoms with E-state index in [-0.39, 0.29) is 17.4 Å². The third kappa shape index (κ3) is 2.71. The smallest absolute Gasteiger partial charge is 0.222 e. The lowest BCUT2D eigenvalue weighted by molar-refractivity contribution is -0.126. The lowest BCUT2D eigenvalue weighted by Gasteiger charge is -2.47. The molecule has 0 unspecified atom stereocenters. The Labute approximate surface area is 86.9 Å². The van der Waals surface area contributed by atoms with Gasteiger partial charge in [-0.25, -0.2) is 0 Å². The van der Waals surface area contributed by atoms with Crippen LogP contribution < -0.4 is 5.32 Å². The molecule has 1 N–H and O–H groups in total. The number of carbonyl (C=O) groups excluding carboxylic acids is 1. The van der Waals surface area contributed by atoms with Crippen LogP contribution in [0.4, 0.5) is 0 Å². The minimum atomic E-state index is 0.0960. The molecule has 1 saturated heterocycles. The number of amides is 1. The van der Waals surface area contributed by atoms with Crippen molar-refractivity contribution < 1.29 is 4.79 Å². The highest BCUT2D eigenvalue weighted by Gasteiger charge is 2.35. The molecule has 1 aliphatic rings. The summed E-state index contributed by atoms with van der Waals surface area (Å²) in [5.41, 5.74) is 0.235. The van der Waals surface area contributed by atoms with E-state index in [9.17, 15) is 4.79 Å². The minimum Gasteiger partial charge on any atom is -0.351 e. The fourth-order valence-corrected chi connectivity index (χ4v) is 1.49. The van der Waals surface area contributed by atoms with Crippen molar-refractivity contribution in [2.24, 2.45) is 5.92 Å². The molecule has 0 saturated carbocycles. The highest BCUT2D eigenvalue weighted by atomic mass is 16.1. The summed E-state index contributed by atoms with van der Waals surface area (Å²) in [7, 11) is 0. The second kappa shape index (κ2) is 3.89. The van der Waals surface area contributed by atoms with Gasteiger partial charge in [0.05, 0.1) is 6.04 Å². The Hall–Kier alpha value is -0.570. The van der Waals surface area contributed by atoms with Gasteiger partial charge in [-0.05, 0) is 20.8 Å². The van der Waals surface area contributed by atoms with Gasteiger partial charge in [-0.15, -0.1) is 0 Å². The highest BCUT2D eigenvalue weighted by molar-refractivity contribution is 5.78. The van der Waals surface area contributed by atoms with Crippen LogP contribution in [0.15, 0.2) is 0 Å². The third-order valence-electron chi connectivity index (χ3n) is 2.70. The summed E-state index contributed by atoms with van der Waals surface area (Å²) < 4.78 is 0. The Bertz CT molecular complexity index is 212. The van der Waals surface area contributed by atoms with E-state index in [1.807, 2.05) is 13.8 Å². The van der Waals surface area contributed by atoms with E-state index in [0.717, 1.165) is 13.1 Å². The molecule has 14 heavy (non-hydrogen) atoms. The van der Waals surface area contributed by atoms with Gasteiger partial charge in [-0.3, -0.25) is 9.69 Å². The normalized spacial score (nSPS) is 19.6. The molecule has 0 spiro atoms. The van der Waals surface area contributed by atoms with Crippen LogP contribution in [-0.2, 0) is 4.79 Å². The molecule has 0 radical (unpaired) electrons. The third-order valence-corrected chi connectivity index (χ3v) is 2.70. The van der Waals surface area contributed by atoms with Crippen molar-refractivity contribution >= 4 is 5.91 Å². The van der Waals surface area contributed by atoms with Crippen molar-refractivity contribution in [3.05, 3.63) is 0 Å². The second-order valence-electron chi connectivity index (χ2n) is 5.44. The van der Waals surface area contributed by atoms with Crippen molar-refractivity contribution in [2.45, 2.75) is 46.2 Å². The van der Waals surface area contributed by atoms with E-state index in [0.29, 0.717) is 6.04 Å². The zero-order chi connectivity index (χ0) is 10.9. The van der Waals surface area contributed by atoms with Crippen LogP contribution in [0.25, 0.3) is 0 Å². The van der Waals surface area contributed by atoms with Crippen molar-refractivity contribution in [2.75, 3.05) is 13.1 Å². The molecule has 1 aliphatic heterocycles. The summed E-state index contributed by atoms with van der Waals surface area (Å²) in [5.74, 6) is 0.266. The number of hydrogen-bond donors (Lipinski definition) is 1.